The third kappa shape index (κ3) is 3.23. The van der Waals surface area contributed by atoms with Crippen molar-refractivity contribution in [3.8, 4) is 0 Å². The molecule has 26 heavy (non-hydrogen) atoms. The fourth-order valence-corrected chi connectivity index (χ4v) is 4.25. The zero-order valence-electron chi connectivity index (χ0n) is 15.4. The topological polar surface area (TPSA) is 63.4 Å². The summed E-state index contributed by atoms with van der Waals surface area (Å²) in [5.74, 6) is 1.49. The molecule has 0 aliphatic carbocycles. The second-order valence-corrected chi connectivity index (χ2v) is 8.23. The summed E-state index contributed by atoms with van der Waals surface area (Å²) in [5, 5.41) is 13.5. The van der Waals surface area contributed by atoms with Crippen LogP contribution in [0.15, 0.2) is 18.2 Å². The number of carbonyl (C=O) groups excluding carboxylic acids is 1. The van der Waals surface area contributed by atoms with Gasteiger partial charge in [0.25, 0.3) is 0 Å². The molecule has 1 aliphatic heterocycles. The predicted octanol–water partition coefficient (Wildman–Crippen LogP) is 3.14. The number of benzene rings is 1. The molecule has 0 spiro atoms. The number of hydrogen-bond donors (Lipinski definition) is 0. The van der Waals surface area contributed by atoms with Crippen LogP contribution in [0.3, 0.4) is 0 Å². The number of fused-ring (bicyclic) bond motifs is 2. The second kappa shape index (κ2) is 6.79. The molecule has 0 radical (unpaired) electrons. The van der Waals surface area contributed by atoms with Crippen molar-refractivity contribution in [3.63, 3.8) is 0 Å². The van der Waals surface area contributed by atoms with E-state index in [1.54, 1.807) is 4.52 Å². The molecule has 6 nitrogen and oxygen atoms in total. The van der Waals surface area contributed by atoms with Gasteiger partial charge in [0, 0.05) is 25.9 Å². The molecule has 136 valence electrons. The van der Waals surface area contributed by atoms with Crippen LogP contribution in [0.4, 0.5) is 0 Å². The maximum Gasteiger partial charge on any atom is 0.234 e. The first kappa shape index (κ1) is 17.1. The molecule has 0 unspecified atom stereocenters. The highest BCUT2D eigenvalue weighted by Crippen LogP contribution is 2.25. The minimum absolute atomic E-state index is 0.202. The lowest BCUT2D eigenvalue weighted by Gasteiger charge is -2.29. The minimum atomic E-state index is 0.202. The minimum Gasteiger partial charge on any atom is -0.338 e. The summed E-state index contributed by atoms with van der Waals surface area (Å²) in [5.41, 5.74) is 4.01. The van der Waals surface area contributed by atoms with E-state index < -0.39 is 0 Å². The smallest absolute Gasteiger partial charge is 0.234 e. The number of aromatic nitrogens is 4. The van der Waals surface area contributed by atoms with E-state index in [9.17, 15) is 4.79 Å². The Morgan fingerprint density at radius 2 is 2.12 bits per heavy atom. The molecule has 1 aromatic carbocycles. The highest BCUT2D eigenvalue weighted by atomic mass is 32.1. The maximum absolute atomic E-state index is 12.7. The van der Waals surface area contributed by atoms with Crippen molar-refractivity contribution in [2.75, 3.05) is 6.54 Å². The molecule has 0 atom stereocenters. The van der Waals surface area contributed by atoms with Crippen molar-refractivity contribution >= 4 is 22.2 Å². The Labute approximate surface area is 156 Å². The Balaban J connectivity index is 1.41. The van der Waals surface area contributed by atoms with Crippen LogP contribution < -0.4 is 0 Å². The van der Waals surface area contributed by atoms with Crippen molar-refractivity contribution in [1.82, 2.24) is 24.7 Å². The summed E-state index contributed by atoms with van der Waals surface area (Å²) in [6, 6.07) is 6.72. The number of carbonyl (C=O) groups is 1. The van der Waals surface area contributed by atoms with Crippen LogP contribution in [0.1, 0.15) is 53.7 Å². The summed E-state index contributed by atoms with van der Waals surface area (Å²) in [4.78, 5) is 15.5. The Bertz CT molecular complexity index is 958. The largest absolute Gasteiger partial charge is 0.338 e. The van der Waals surface area contributed by atoms with Gasteiger partial charge in [-0.3, -0.25) is 4.79 Å². The summed E-state index contributed by atoms with van der Waals surface area (Å²) in [6.07, 6.45) is 2.08. The van der Waals surface area contributed by atoms with Gasteiger partial charge >= 0.3 is 0 Å². The van der Waals surface area contributed by atoms with Gasteiger partial charge in [-0.1, -0.05) is 43.4 Å². The predicted molar refractivity (Wildman–Crippen MR) is 101 cm³/mol. The van der Waals surface area contributed by atoms with Gasteiger partial charge in [-0.25, -0.2) is 0 Å². The van der Waals surface area contributed by atoms with Crippen LogP contribution in [0.25, 0.3) is 4.96 Å². The first-order valence-electron chi connectivity index (χ1n) is 9.08. The average Bonchev–Trinajstić information content (AvgIpc) is 3.20. The molecule has 0 saturated heterocycles. The lowest BCUT2D eigenvalue weighted by atomic mass is 9.93. The molecule has 1 amide bonds. The maximum atomic E-state index is 12.7. The van der Waals surface area contributed by atoms with Gasteiger partial charge in [0.1, 0.15) is 5.01 Å². The molecule has 1 aliphatic rings. The van der Waals surface area contributed by atoms with E-state index in [0.29, 0.717) is 18.8 Å². The van der Waals surface area contributed by atoms with Crippen molar-refractivity contribution < 1.29 is 4.79 Å². The van der Waals surface area contributed by atoms with E-state index >= 15 is 0 Å². The zero-order chi connectivity index (χ0) is 18.3. The van der Waals surface area contributed by atoms with E-state index in [2.05, 4.69) is 47.3 Å². The third-order valence-electron chi connectivity index (χ3n) is 5.00. The van der Waals surface area contributed by atoms with Gasteiger partial charge in [-0.05, 0) is 36.0 Å². The summed E-state index contributed by atoms with van der Waals surface area (Å²) >= 11 is 1.51. The van der Waals surface area contributed by atoms with Gasteiger partial charge in [0.2, 0.25) is 10.9 Å². The molecule has 0 N–H and O–H groups in total. The molecule has 3 aromatic rings. The average molecular weight is 369 g/mol. The number of nitrogens with zero attached hydrogens (tertiary/aromatic N) is 5. The monoisotopic (exact) mass is 369 g/mol. The van der Waals surface area contributed by atoms with Crippen LogP contribution in [0.5, 0.6) is 0 Å². The van der Waals surface area contributed by atoms with Crippen LogP contribution in [-0.4, -0.2) is 37.2 Å². The Hall–Kier alpha value is -2.28. The molecular formula is C19H23N5OS. The highest BCUT2D eigenvalue weighted by molar-refractivity contribution is 7.16. The molecule has 4 rings (SSSR count). The second-order valence-electron chi connectivity index (χ2n) is 7.19. The van der Waals surface area contributed by atoms with Crippen LogP contribution >= 0.6 is 11.3 Å². The fourth-order valence-electron chi connectivity index (χ4n) is 3.38. The number of rotatable bonds is 4. The first-order valence-corrected chi connectivity index (χ1v) is 9.90. The van der Waals surface area contributed by atoms with Crippen LogP contribution in [-0.2, 0) is 24.2 Å². The number of hydrogen-bond acceptors (Lipinski definition) is 5. The van der Waals surface area contributed by atoms with Gasteiger partial charge in [-0.2, -0.15) is 9.61 Å². The molecule has 7 heteroatoms. The molecular weight excluding hydrogens is 346 g/mol. The quantitative estimate of drug-likeness (QED) is 0.709. The van der Waals surface area contributed by atoms with E-state index in [1.165, 1.54) is 28.0 Å². The van der Waals surface area contributed by atoms with E-state index in [-0.39, 0.29) is 5.91 Å². The zero-order valence-corrected chi connectivity index (χ0v) is 16.2. The Kier molecular flexibility index (Phi) is 4.48. The van der Waals surface area contributed by atoms with Gasteiger partial charge in [0.15, 0.2) is 5.82 Å². The van der Waals surface area contributed by atoms with E-state index in [1.807, 2.05) is 11.8 Å². The van der Waals surface area contributed by atoms with Crippen molar-refractivity contribution in [3.05, 3.63) is 45.7 Å². The van der Waals surface area contributed by atoms with Crippen molar-refractivity contribution in [1.29, 1.82) is 0 Å². The normalized spacial score (nSPS) is 14.2. The SMILES string of the molecule is Cc1nnc2sc(CCC(=O)N3CCc4ccc(C(C)C)cc4C3)nn12. The lowest BCUT2D eigenvalue weighted by Crippen LogP contribution is -2.36. The first-order chi connectivity index (χ1) is 12.5. The van der Waals surface area contributed by atoms with Crippen LogP contribution in [0, 0.1) is 6.92 Å². The van der Waals surface area contributed by atoms with Crippen molar-refractivity contribution in [2.45, 2.75) is 52.5 Å². The highest BCUT2D eigenvalue weighted by Gasteiger charge is 2.21. The summed E-state index contributed by atoms with van der Waals surface area (Å²) in [7, 11) is 0. The Morgan fingerprint density at radius 1 is 1.27 bits per heavy atom. The van der Waals surface area contributed by atoms with E-state index in [4.69, 9.17) is 0 Å². The summed E-state index contributed by atoms with van der Waals surface area (Å²) in [6.45, 7) is 7.81. The lowest BCUT2D eigenvalue weighted by molar-refractivity contribution is -0.132. The van der Waals surface area contributed by atoms with E-state index in [0.717, 1.165) is 35.3 Å². The van der Waals surface area contributed by atoms with Crippen molar-refractivity contribution in [2.24, 2.45) is 0 Å². The van der Waals surface area contributed by atoms with Crippen LogP contribution in [0.2, 0.25) is 0 Å². The molecule has 0 saturated carbocycles. The molecule has 3 heterocycles. The summed E-state index contributed by atoms with van der Waals surface area (Å²) < 4.78 is 1.75. The van der Waals surface area contributed by atoms with Gasteiger partial charge < -0.3 is 4.90 Å². The molecule has 0 bridgehead atoms. The standard InChI is InChI=1S/C19H23N5OS/c1-12(2)15-5-4-14-8-9-23(11-16(14)10-15)18(25)7-6-17-22-24-13(3)20-21-19(24)26-17/h4-5,10,12H,6-9,11H2,1-3H3. The molecule has 0 fully saturated rings. The fraction of sp³-hybridized carbons (Fsp3) is 0.474. The Morgan fingerprint density at radius 3 is 2.88 bits per heavy atom. The third-order valence-corrected chi connectivity index (χ3v) is 5.96. The number of amides is 1. The van der Waals surface area contributed by atoms with Gasteiger partial charge in [-0.15, -0.1) is 10.2 Å². The van der Waals surface area contributed by atoms with Gasteiger partial charge in [0.05, 0.1) is 0 Å². The molecule has 2 aromatic heterocycles. The number of aryl methyl sites for hydroxylation is 2.